The van der Waals surface area contributed by atoms with Gasteiger partial charge in [-0.05, 0) is 12.8 Å². The molecule has 5 nitrogen and oxygen atoms in total. The van der Waals surface area contributed by atoms with Gasteiger partial charge < -0.3 is 20.1 Å². The van der Waals surface area contributed by atoms with Crippen molar-refractivity contribution < 1.29 is 24.9 Å². The van der Waals surface area contributed by atoms with Crippen LogP contribution in [0, 0.1) is 0 Å². The maximum Gasteiger partial charge on any atom is 0.305 e. The third-order valence-corrected chi connectivity index (χ3v) is 2.69. The Morgan fingerprint density at radius 3 is 2.06 bits per heavy atom. The first kappa shape index (κ1) is 17.4. The highest BCUT2D eigenvalue weighted by molar-refractivity contribution is 5.69. The lowest BCUT2D eigenvalue weighted by atomic mass is 10.1. The highest BCUT2D eigenvalue weighted by atomic mass is 16.5. The molecule has 0 aromatic heterocycles. The molecule has 1 atom stereocenters. The molecule has 18 heavy (non-hydrogen) atoms. The monoisotopic (exact) mass is 262 g/mol. The SMILES string of the molecule is O=C(CCCCCCCCCO)OCC(O)CO. The lowest BCUT2D eigenvalue weighted by Gasteiger charge is -2.08. The van der Waals surface area contributed by atoms with E-state index in [1.54, 1.807) is 0 Å². The van der Waals surface area contributed by atoms with Gasteiger partial charge in [-0.2, -0.15) is 0 Å². The number of carbonyl (C=O) groups excluding carboxylic acids is 1. The van der Waals surface area contributed by atoms with Crippen molar-refractivity contribution in [2.75, 3.05) is 19.8 Å². The van der Waals surface area contributed by atoms with E-state index in [2.05, 4.69) is 0 Å². The van der Waals surface area contributed by atoms with Crippen LogP contribution in [0.4, 0.5) is 0 Å². The van der Waals surface area contributed by atoms with Crippen molar-refractivity contribution in [1.29, 1.82) is 0 Å². The Labute approximate surface area is 109 Å². The maximum absolute atomic E-state index is 11.2. The lowest BCUT2D eigenvalue weighted by Crippen LogP contribution is -2.21. The fourth-order valence-electron chi connectivity index (χ4n) is 1.58. The van der Waals surface area contributed by atoms with Crippen LogP contribution in [-0.2, 0) is 9.53 Å². The van der Waals surface area contributed by atoms with Gasteiger partial charge in [-0.3, -0.25) is 4.79 Å². The zero-order valence-electron chi connectivity index (χ0n) is 11.0. The lowest BCUT2D eigenvalue weighted by molar-refractivity contribution is -0.147. The van der Waals surface area contributed by atoms with Crippen molar-refractivity contribution in [2.24, 2.45) is 0 Å². The third kappa shape index (κ3) is 11.8. The average molecular weight is 262 g/mol. The van der Waals surface area contributed by atoms with Crippen LogP contribution in [0.25, 0.3) is 0 Å². The van der Waals surface area contributed by atoms with Crippen LogP contribution in [-0.4, -0.2) is 47.2 Å². The fourth-order valence-corrected chi connectivity index (χ4v) is 1.58. The normalized spacial score (nSPS) is 12.4. The fraction of sp³-hybridized carbons (Fsp3) is 0.923. The van der Waals surface area contributed by atoms with E-state index < -0.39 is 6.10 Å². The van der Waals surface area contributed by atoms with Gasteiger partial charge in [0.2, 0.25) is 0 Å². The summed E-state index contributed by atoms with van der Waals surface area (Å²) in [5.41, 5.74) is 0. The molecule has 0 aliphatic heterocycles. The van der Waals surface area contributed by atoms with Crippen LogP contribution in [0.2, 0.25) is 0 Å². The highest BCUT2D eigenvalue weighted by Gasteiger charge is 2.07. The minimum Gasteiger partial charge on any atom is -0.463 e. The van der Waals surface area contributed by atoms with E-state index in [0.717, 1.165) is 44.9 Å². The summed E-state index contributed by atoms with van der Waals surface area (Å²) in [6.07, 6.45) is 6.50. The van der Waals surface area contributed by atoms with Crippen molar-refractivity contribution in [2.45, 2.75) is 57.5 Å². The third-order valence-electron chi connectivity index (χ3n) is 2.69. The molecule has 0 aliphatic carbocycles. The van der Waals surface area contributed by atoms with Gasteiger partial charge in [0.1, 0.15) is 12.7 Å². The van der Waals surface area contributed by atoms with Gasteiger partial charge in [0, 0.05) is 13.0 Å². The molecule has 5 heteroatoms. The van der Waals surface area contributed by atoms with Gasteiger partial charge in [0.15, 0.2) is 0 Å². The van der Waals surface area contributed by atoms with Gasteiger partial charge in [-0.25, -0.2) is 0 Å². The van der Waals surface area contributed by atoms with Crippen LogP contribution in [0.15, 0.2) is 0 Å². The first-order chi connectivity index (χ1) is 8.70. The molecule has 0 saturated carbocycles. The number of rotatable bonds is 12. The molecule has 108 valence electrons. The zero-order chi connectivity index (χ0) is 13.6. The first-order valence-electron chi connectivity index (χ1n) is 6.76. The van der Waals surface area contributed by atoms with Crippen molar-refractivity contribution in [3.05, 3.63) is 0 Å². The number of hydrogen-bond donors (Lipinski definition) is 3. The van der Waals surface area contributed by atoms with Gasteiger partial charge >= 0.3 is 5.97 Å². The van der Waals surface area contributed by atoms with E-state index in [1.165, 1.54) is 0 Å². The molecule has 0 rings (SSSR count). The predicted molar refractivity (Wildman–Crippen MR) is 68.1 cm³/mol. The van der Waals surface area contributed by atoms with E-state index >= 15 is 0 Å². The predicted octanol–water partition coefficient (Wildman–Crippen LogP) is 0.996. The number of esters is 1. The molecule has 0 heterocycles. The molecule has 0 saturated heterocycles. The second-order valence-corrected chi connectivity index (χ2v) is 4.47. The second-order valence-electron chi connectivity index (χ2n) is 4.47. The summed E-state index contributed by atoms with van der Waals surface area (Å²) in [6.45, 7) is -0.247. The van der Waals surface area contributed by atoms with E-state index in [4.69, 9.17) is 20.1 Å². The molecule has 1 unspecified atom stereocenters. The Balaban J connectivity index is 3.20. The number of ether oxygens (including phenoxy) is 1. The van der Waals surface area contributed by atoms with E-state index in [-0.39, 0.29) is 25.8 Å². The number of hydrogen-bond acceptors (Lipinski definition) is 5. The van der Waals surface area contributed by atoms with E-state index in [0.29, 0.717) is 6.42 Å². The standard InChI is InChI=1S/C13H26O5/c14-9-7-5-3-1-2-4-6-8-13(17)18-11-12(16)10-15/h12,14-16H,1-11H2. The Kier molecular flexibility index (Phi) is 12.3. The molecular formula is C13H26O5. The Morgan fingerprint density at radius 1 is 0.944 bits per heavy atom. The summed E-state index contributed by atoms with van der Waals surface area (Å²) in [5, 5.41) is 26.1. The molecule has 0 fully saturated rings. The molecule has 0 amide bonds. The zero-order valence-corrected chi connectivity index (χ0v) is 11.0. The summed E-state index contributed by atoms with van der Waals surface area (Å²) in [5.74, 6) is -0.317. The van der Waals surface area contributed by atoms with Crippen molar-refractivity contribution in [3.8, 4) is 0 Å². The summed E-state index contributed by atoms with van der Waals surface area (Å²) < 4.78 is 4.78. The van der Waals surface area contributed by atoms with E-state index in [1.807, 2.05) is 0 Å². The second kappa shape index (κ2) is 12.8. The number of unbranched alkanes of at least 4 members (excludes halogenated alkanes) is 6. The van der Waals surface area contributed by atoms with Crippen molar-refractivity contribution in [3.63, 3.8) is 0 Å². The average Bonchev–Trinajstić information content (AvgIpc) is 2.39. The van der Waals surface area contributed by atoms with Crippen LogP contribution >= 0.6 is 0 Å². The quantitative estimate of drug-likeness (QED) is 0.361. The summed E-state index contributed by atoms with van der Waals surface area (Å²) in [4.78, 5) is 11.2. The van der Waals surface area contributed by atoms with Crippen molar-refractivity contribution >= 4 is 5.97 Å². The van der Waals surface area contributed by atoms with Gasteiger partial charge in [0.05, 0.1) is 6.61 Å². The first-order valence-corrected chi connectivity index (χ1v) is 6.76. The van der Waals surface area contributed by atoms with Crippen LogP contribution in [0.5, 0.6) is 0 Å². The molecule has 0 aromatic carbocycles. The molecular weight excluding hydrogens is 236 g/mol. The molecule has 0 radical (unpaired) electrons. The smallest absolute Gasteiger partial charge is 0.305 e. The Hall–Kier alpha value is -0.650. The minimum absolute atomic E-state index is 0.128. The Morgan fingerprint density at radius 2 is 1.50 bits per heavy atom. The number of aliphatic hydroxyl groups is 3. The largest absolute Gasteiger partial charge is 0.463 e. The molecule has 3 N–H and O–H groups in total. The summed E-state index contributed by atoms with van der Waals surface area (Å²) >= 11 is 0. The molecule has 0 bridgehead atoms. The maximum atomic E-state index is 11.2. The Bertz CT molecular complexity index is 196. The number of aliphatic hydroxyl groups excluding tert-OH is 3. The van der Waals surface area contributed by atoms with Crippen LogP contribution in [0.3, 0.4) is 0 Å². The molecule has 0 aromatic rings. The van der Waals surface area contributed by atoms with Gasteiger partial charge in [-0.1, -0.05) is 32.1 Å². The van der Waals surface area contributed by atoms with Crippen LogP contribution in [0.1, 0.15) is 51.4 Å². The number of carbonyl (C=O) groups is 1. The van der Waals surface area contributed by atoms with Gasteiger partial charge in [-0.15, -0.1) is 0 Å². The summed E-state index contributed by atoms with van der Waals surface area (Å²) in [6, 6.07) is 0. The van der Waals surface area contributed by atoms with Crippen molar-refractivity contribution in [1.82, 2.24) is 0 Å². The topological polar surface area (TPSA) is 87.0 Å². The molecule has 0 spiro atoms. The van der Waals surface area contributed by atoms with Crippen LogP contribution < -0.4 is 0 Å². The van der Waals surface area contributed by atoms with E-state index in [9.17, 15) is 4.79 Å². The highest BCUT2D eigenvalue weighted by Crippen LogP contribution is 2.08. The summed E-state index contributed by atoms with van der Waals surface area (Å²) in [7, 11) is 0. The minimum atomic E-state index is -0.972. The molecule has 0 aliphatic rings. The van der Waals surface area contributed by atoms with Gasteiger partial charge in [0.25, 0.3) is 0 Å².